The van der Waals surface area contributed by atoms with Crippen LogP contribution in [0.15, 0.2) is 83.7 Å². The fraction of sp³-hybridized carbons (Fsp3) is 0.460. The van der Waals surface area contributed by atoms with Gasteiger partial charge in [0.25, 0.3) is 5.97 Å². The van der Waals surface area contributed by atoms with Crippen molar-refractivity contribution in [2.75, 3.05) is 13.1 Å². The molecule has 19 heteroatoms. The molecule has 0 saturated carbocycles. The molecule has 0 spiro atoms. The molecule has 3 fully saturated rings. The maximum Gasteiger partial charge on any atom is 0.329 e. The number of carbonyl (C=O) groups is 8. The number of piperidine rings is 1. The van der Waals surface area contributed by atoms with Crippen LogP contribution in [-0.4, -0.2) is 109 Å². The number of rotatable bonds is 17. The highest BCUT2D eigenvalue weighted by Gasteiger charge is 2.45. The lowest BCUT2D eigenvalue weighted by molar-refractivity contribution is -0.145. The van der Waals surface area contributed by atoms with Crippen molar-refractivity contribution < 1.29 is 43.5 Å². The van der Waals surface area contributed by atoms with Gasteiger partial charge in [-0.05, 0) is 80.2 Å². The number of aryl methyl sites for hydroxylation is 2. The molecule has 4 aromatic rings. The van der Waals surface area contributed by atoms with Crippen LogP contribution < -0.4 is 33.1 Å². The highest BCUT2D eigenvalue weighted by atomic mass is 16.4. The third-order valence-electron chi connectivity index (χ3n) is 13.0. The number of hydrogen-bond acceptors (Lipinski definition) is 10. The summed E-state index contributed by atoms with van der Waals surface area (Å²) in [7, 11) is 1.67. The molecule has 3 saturated heterocycles. The maximum absolute atomic E-state index is 14.0. The molecule has 8 N–H and O–H groups in total. The zero-order valence-electron chi connectivity index (χ0n) is 39.1. The zero-order valence-corrected chi connectivity index (χ0v) is 39.1. The van der Waals surface area contributed by atoms with Crippen LogP contribution in [0, 0.1) is 0 Å². The quantitative estimate of drug-likeness (QED) is 0.0661. The molecular weight excluding hydrogens is 887 g/mol. The molecular formula is C50H63N9O10. The summed E-state index contributed by atoms with van der Waals surface area (Å²) >= 11 is 0. The van der Waals surface area contributed by atoms with E-state index < -0.39 is 65.7 Å². The number of benzene rings is 3. The molecule has 1 aromatic heterocycles. The molecule has 3 aliphatic rings. The number of hydrogen-bond donors (Lipinski definition) is 6. The molecule has 7 amide bonds. The molecule has 5 atom stereocenters. The van der Waals surface area contributed by atoms with Crippen molar-refractivity contribution in [3.05, 3.63) is 106 Å². The van der Waals surface area contributed by atoms with Gasteiger partial charge < -0.3 is 37.0 Å². The number of nitrogens with zero attached hydrogens (tertiary/aromatic N) is 4. The van der Waals surface area contributed by atoms with Crippen molar-refractivity contribution in [3.63, 3.8) is 0 Å². The maximum atomic E-state index is 14.0. The number of imide groups is 1. The van der Waals surface area contributed by atoms with Gasteiger partial charge in [-0.2, -0.15) is 0 Å². The Morgan fingerprint density at radius 3 is 2.10 bits per heavy atom. The summed E-state index contributed by atoms with van der Waals surface area (Å²) in [5.74, 6) is -3.77. The summed E-state index contributed by atoms with van der Waals surface area (Å²) in [6.07, 6.45) is 5.95. The van der Waals surface area contributed by atoms with Gasteiger partial charge in [-0.25, -0.2) is 4.79 Å². The van der Waals surface area contributed by atoms with E-state index in [1.165, 1.54) is 14.0 Å². The highest BCUT2D eigenvalue weighted by Crippen LogP contribution is 2.30. The SMILES string of the molecule is CC(=O)O.Cn1c(=O)n(C2CCC(=O)NC2=O)c2ccc(CCCCCCC(=O)N3CC[C@H]4CC[C@@H](C(=O)N[C@@H](CCC(N)=O)C(=O)NC(c5ccccc5)c5ccccc5)N4C(=O)[C@@H](N)C3)cc21. The Kier molecular flexibility index (Phi) is 17.6. The van der Waals surface area contributed by atoms with Gasteiger partial charge in [-0.1, -0.05) is 79.6 Å². The molecule has 0 bridgehead atoms. The van der Waals surface area contributed by atoms with Gasteiger partial charge in [0.1, 0.15) is 24.2 Å². The van der Waals surface area contributed by atoms with E-state index >= 15 is 0 Å². The molecule has 69 heavy (non-hydrogen) atoms. The molecule has 4 heterocycles. The Balaban J connectivity index is 0.00000188. The molecule has 19 nitrogen and oxygen atoms in total. The molecule has 3 aliphatic heterocycles. The second-order valence-corrected chi connectivity index (χ2v) is 18.0. The summed E-state index contributed by atoms with van der Waals surface area (Å²) in [4.78, 5) is 117. The van der Waals surface area contributed by atoms with Crippen molar-refractivity contribution in [1.29, 1.82) is 0 Å². The smallest absolute Gasteiger partial charge is 0.329 e. The first-order chi connectivity index (χ1) is 33.0. The number of unbranched alkanes of at least 4 members (excludes halogenated alkanes) is 3. The molecule has 0 radical (unpaired) electrons. The molecule has 1 unspecified atom stereocenters. The van der Waals surface area contributed by atoms with Gasteiger partial charge in [-0.15, -0.1) is 0 Å². The van der Waals surface area contributed by atoms with E-state index in [4.69, 9.17) is 21.4 Å². The summed E-state index contributed by atoms with van der Waals surface area (Å²) in [5, 5.41) is 15.6. The van der Waals surface area contributed by atoms with Crippen molar-refractivity contribution in [2.45, 2.75) is 127 Å². The number of fused-ring (bicyclic) bond motifs is 2. The largest absolute Gasteiger partial charge is 0.481 e. The second kappa shape index (κ2) is 23.7. The number of imidazole rings is 1. The minimum atomic E-state index is -1.11. The van der Waals surface area contributed by atoms with Crippen molar-refractivity contribution in [3.8, 4) is 0 Å². The number of amides is 7. The van der Waals surface area contributed by atoms with E-state index in [2.05, 4.69) is 16.0 Å². The first-order valence-electron chi connectivity index (χ1n) is 23.6. The Bertz CT molecular complexity index is 2540. The van der Waals surface area contributed by atoms with Gasteiger partial charge in [0.05, 0.1) is 17.1 Å². The third kappa shape index (κ3) is 13.1. The number of nitrogens with one attached hydrogen (secondary N) is 3. The third-order valence-corrected chi connectivity index (χ3v) is 13.0. The number of aliphatic carboxylic acids is 1. The normalized spacial score (nSPS) is 19.7. The van der Waals surface area contributed by atoms with E-state index in [-0.39, 0.29) is 55.8 Å². The summed E-state index contributed by atoms with van der Waals surface area (Å²) < 4.78 is 3.00. The Labute approximate surface area is 399 Å². The number of carbonyl (C=O) groups excluding carboxylic acids is 7. The van der Waals surface area contributed by atoms with Crippen LogP contribution in [0.5, 0.6) is 0 Å². The highest BCUT2D eigenvalue weighted by molar-refractivity contribution is 6.00. The predicted octanol–water partition coefficient (Wildman–Crippen LogP) is 2.48. The molecule has 0 aliphatic carbocycles. The number of nitrogens with two attached hydrogens (primary N) is 2. The van der Waals surface area contributed by atoms with E-state index in [1.807, 2.05) is 78.9 Å². The number of aromatic nitrogens is 2. The van der Waals surface area contributed by atoms with Gasteiger partial charge in [-0.3, -0.25) is 52.8 Å². The minimum absolute atomic E-state index is 0.0233. The number of carboxylic acids is 1. The van der Waals surface area contributed by atoms with E-state index in [0.717, 1.165) is 54.8 Å². The van der Waals surface area contributed by atoms with Crippen LogP contribution in [0.3, 0.4) is 0 Å². The Morgan fingerprint density at radius 1 is 0.812 bits per heavy atom. The summed E-state index contributed by atoms with van der Waals surface area (Å²) in [6.45, 7) is 1.49. The van der Waals surface area contributed by atoms with Gasteiger partial charge in [0.2, 0.25) is 41.4 Å². The van der Waals surface area contributed by atoms with Crippen LogP contribution >= 0.6 is 0 Å². The monoisotopic (exact) mass is 949 g/mol. The van der Waals surface area contributed by atoms with Crippen molar-refractivity contribution in [1.82, 2.24) is 34.9 Å². The van der Waals surface area contributed by atoms with E-state index in [9.17, 15) is 38.4 Å². The van der Waals surface area contributed by atoms with Gasteiger partial charge in [0, 0.05) is 52.4 Å². The number of primary amides is 1. The van der Waals surface area contributed by atoms with Crippen LogP contribution in [0.2, 0.25) is 0 Å². The van der Waals surface area contributed by atoms with Crippen LogP contribution in [-0.2, 0) is 51.8 Å². The minimum Gasteiger partial charge on any atom is -0.481 e. The van der Waals surface area contributed by atoms with E-state index in [0.29, 0.717) is 44.2 Å². The first kappa shape index (κ1) is 51.2. The fourth-order valence-electron chi connectivity index (χ4n) is 9.51. The lowest BCUT2D eigenvalue weighted by Gasteiger charge is -2.37. The topological polar surface area (TPSA) is 278 Å². The van der Waals surface area contributed by atoms with Crippen molar-refractivity contribution >= 4 is 58.4 Å². The second-order valence-electron chi connectivity index (χ2n) is 18.0. The average molecular weight is 950 g/mol. The predicted molar refractivity (Wildman–Crippen MR) is 255 cm³/mol. The first-order valence-corrected chi connectivity index (χ1v) is 23.6. The molecule has 3 aromatic carbocycles. The molecule has 368 valence electrons. The summed E-state index contributed by atoms with van der Waals surface area (Å²) in [6, 6.07) is 20.0. The summed E-state index contributed by atoms with van der Waals surface area (Å²) in [5.41, 5.74) is 15.7. The lowest BCUT2D eigenvalue weighted by atomic mass is 9.98. The standard InChI is InChI=1S/C48H59N9O8.C2H4O2/c1-54-39-28-30(18-21-36(39)57(48(54)65)38-23-25-41(59)52-46(38)63)12-6-2-3-11-17-42(60)55-27-26-33-19-22-37(56(33)47(64)34(49)29-55)45(62)51-35(20-24-40(50)58)44(61)53-43(31-13-7-4-8-14-31)32-15-9-5-10-16-32;1-2(3)4/h4-5,7-10,13-16,18,21,28,33-35,37-38,43H,2-3,6,11-12,17,19-20,22-27,29,49H2,1H3,(H2,50,58)(H,51,62)(H,53,61)(H,52,59,63);1H3,(H,3,4)/t33-,34+,35+,37+,38?;/m1./s1. The Hall–Kier alpha value is -7.15. The number of carboxylic acid groups (broad SMARTS) is 1. The Morgan fingerprint density at radius 2 is 1.46 bits per heavy atom. The van der Waals surface area contributed by atoms with Crippen molar-refractivity contribution in [2.24, 2.45) is 18.5 Å². The van der Waals surface area contributed by atoms with E-state index in [1.54, 1.807) is 11.9 Å². The van der Waals surface area contributed by atoms with Crippen LogP contribution in [0.4, 0.5) is 0 Å². The lowest BCUT2D eigenvalue weighted by Crippen LogP contribution is -2.60. The molecule has 7 rings (SSSR count). The van der Waals surface area contributed by atoms with Crippen LogP contribution in [0.1, 0.15) is 113 Å². The zero-order chi connectivity index (χ0) is 49.8. The van der Waals surface area contributed by atoms with Gasteiger partial charge in [0.15, 0.2) is 0 Å². The fourth-order valence-corrected chi connectivity index (χ4v) is 9.51. The van der Waals surface area contributed by atoms with Gasteiger partial charge >= 0.3 is 5.69 Å². The average Bonchev–Trinajstić information content (AvgIpc) is 3.85. The van der Waals surface area contributed by atoms with Crippen LogP contribution in [0.25, 0.3) is 11.0 Å².